The van der Waals surface area contributed by atoms with Crippen molar-refractivity contribution in [1.29, 1.82) is 0 Å². The van der Waals surface area contributed by atoms with Gasteiger partial charge in [0.1, 0.15) is 11.6 Å². The second-order valence-electron chi connectivity index (χ2n) is 4.26. The molecule has 106 valence electrons. The average molecular weight is 305 g/mol. The lowest BCUT2D eigenvalue weighted by atomic mass is 10.0. The topological polar surface area (TPSA) is 20.2 Å². The van der Waals surface area contributed by atoms with E-state index in [4.69, 9.17) is 11.6 Å². The molecule has 0 aliphatic carbocycles. The molecular formula is C14H9ClF4O. The van der Waals surface area contributed by atoms with Gasteiger partial charge in [0.2, 0.25) is 0 Å². The number of halogens is 5. The lowest BCUT2D eigenvalue weighted by Crippen LogP contribution is -2.06. The van der Waals surface area contributed by atoms with E-state index in [1.54, 1.807) is 0 Å². The van der Waals surface area contributed by atoms with Crippen LogP contribution >= 0.6 is 11.6 Å². The highest BCUT2D eigenvalue weighted by Crippen LogP contribution is 2.25. The van der Waals surface area contributed by atoms with Crippen LogP contribution in [0.5, 0.6) is 0 Å². The predicted octanol–water partition coefficient (Wildman–Crippen LogP) is 4.17. The molecular weight excluding hydrogens is 296 g/mol. The molecule has 0 radical (unpaired) electrons. The standard InChI is InChI=1S/C14H9ClF4O/c15-9-3-7(1-2-10(9)16)4-14(20)8-5-12(18)13(19)6-11(8)17/h1-3,5-6,14,20H,4H2. The zero-order valence-corrected chi connectivity index (χ0v) is 10.8. The van der Waals surface area contributed by atoms with Gasteiger partial charge in [-0.1, -0.05) is 17.7 Å². The summed E-state index contributed by atoms with van der Waals surface area (Å²) >= 11 is 5.58. The highest BCUT2D eigenvalue weighted by molar-refractivity contribution is 6.30. The summed E-state index contributed by atoms with van der Waals surface area (Å²) in [5.74, 6) is -4.26. The molecule has 0 fully saturated rings. The number of aliphatic hydroxyl groups excluding tert-OH is 1. The molecule has 0 saturated heterocycles. The molecule has 1 nitrogen and oxygen atoms in total. The van der Waals surface area contributed by atoms with Crippen LogP contribution in [0.25, 0.3) is 0 Å². The van der Waals surface area contributed by atoms with Crippen molar-refractivity contribution in [3.05, 3.63) is 69.8 Å². The third-order valence-corrected chi connectivity index (χ3v) is 3.10. The third kappa shape index (κ3) is 3.11. The van der Waals surface area contributed by atoms with Crippen LogP contribution in [0.2, 0.25) is 5.02 Å². The van der Waals surface area contributed by atoms with E-state index >= 15 is 0 Å². The summed E-state index contributed by atoms with van der Waals surface area (Å²) in [6, 6.07) is 4.71. The summed E-state index contributed by atoms with van der Waals surface area (Å²) in [7, 11) is 0. The molecule has 0 amide bonds. The first kappa shape index (κ1) is 14.8. The van der Waals surface area contributed by atoms with Gasteiger partial charge in [0.15, 0.2) is 11.6 Å². The first-order valence-electron chi connectivity index (χ1n) is 5.65. The molecule has 0 saturated carbocycles. The summed E-state index contributed by atoms with van der Waals surface area (Å²) in [6.07, 6.45) is -1.51. The van der Waals surface area contributed by atoms with Crippen LogP contribution < -0.4 is 0 Å². The van der Waals surface area contributed by atoms with Gasteiger partial charge in [-0.3, -0.25) is 0 Å². The molecule has 2 rings (SSSR count). The number of rotatable bonds is 3. The Balaban J connectivity index is 2.25. The van der Waals surface area contributed by atoms with Gasteiger partial charge in [-0.2, -0.15) is 0 Å². The maximum absolute atomic E-state index is 13.5. The van der Waals surface area contributed by atoms with Gasteiger partial charge in [-0.05, 0) is 23.8 Å². The second kappa shape index (κ2) is 5.81. The zero-order chi connectivity index (χ0) is 14.9. The molecule has 6 heteroatoms. The van der Waals surface area contributed by atoms with Gasteiger partial charge < -0.3 is 5.11 Å². The van der Waals surface area contributed by atoms with Crippen molar-refractivity contribution in [2.75, 3.05) is 0 Å². The highest BCUT2D eigenvalue weighted by atomic mass is 35.5. The number of hydrogen-bond donors (Lipinski definition) is 1. The summed E-state index contributed by atoms with van der Waals surface area (Å²) in [6.45, 7) is 0. The minimum Gasteiger partial charge on any atom is -0.388 e. The number of benzene rings is 2. The summed E-state index contributed by atoms with van der Waals surface area (Å²) < 4.78 is 52.3. The Bertz CT molecular complexity index is 645. The monoisotopic (exact) mass is 304 g/mol. The summed E-state index contributed by atoms with van der Waals surface area (Å²) in [5, 5.41) is 9.73. The van der Waals surface area contributed by atoms with Gasteiger partial charge in [-0.15, -0.1) is 0 Å². The first-order valence-corrected chi connectivity index (χ1v) is 6.02. The van der Waals surface area contributed by atoms with E-state index in [-0.39, 0.29) is 17.0 Å². The first-order chi connectivity index (χ1) is 9.38. The predicted molar refractivity (Wildman–Crippen MR) is 66.4 cm³/mol. The van der Waals surface area contributed by atoms with Crippen molar-refractivity contribution in [3.8, 4) is 0 Å². The Kier molecular flexibility index (Phi) is 4.30. The van der Waals surface area contributed by atoms with E-state index in [9.17, 15) is 22.7 Å². The van der Waals surface area contributed by atoms with Crippen LogP contribution in [-0.4, -0.2) is 5.11 Å². The average Bonchev–Trinajstić information content (AvgIpc) is 2.38. The fourth-order valence-electron chi connectivity index (χ4n) is 1.79. The molecule has 1 atom stereocenters. The van der Waals surface area contributed by atoms with Gasteiger partial charge >= 0.3 is 0 Å². The van der Waals surface area contributed by atoms with Crippen molar-refractivity contribution in [2.24, 2.45) is 0 Å². The molecule has 20 heavy (non-hydrogen) atoms. The van der Waals surface area contributed by atoms with Gasteiger partial charge in [0, 0.05) is 18.1 Å². The Hall–Kier alpha value is -1.59. The maximum atomic E-state index is 13.5. The molecule has 2 aromatic rings. The van der Waals surface area contributed by atoms with E-state index in [1.165, 1.54) is 12.1 Å². The van der Waals surface area contributed by atoms with Crippen molar-refractivity contribution in [2.45, 2.75) is 12.5 Å². The summed E-state index contributed by atoms with van der Waals surface area (Å²) in [4.78, 5) is 0. The van der Waals surface area contributed by atoms with E-state index < -0.39 is 29.4 Å². The van der Waals surface area contributed by atoms with Crippen molar-refractivity contribution in [1.82, 2.24) is 0 Å². The molecule has 1 N–H and O–H groups in total. The zero-order valence-electron chi connectivity index (χ0n) is 10.0. The van der Waals surface area contributed by atoms with Crippen LogP contribution in [0.4, 0.5) is 17.6 Å². The van der Waals surface area contributed by atoms with E-state index in [2.05, 4.69) is 0 Å². The fraction of sp³-hybridized carbons (Fsp3) is 0.143. The van der Waals surface area contributed by atoms with E-state index in [1.807, 2.05) is 0 Å². The van der Waals surface area contributed by atoms with E-state index in [0.29, 0.717) is 17.7 Å². The Morgan fingerprint density at radius 1 is 0.900 bits per heavy atom. The van der Waals surface area contributed by atoms with Crippen LogP contribution in [0.3, 0.4) is 0 Å². The molecule has 0 aliphatic heterocycles. The van der Waals surface area contributed by atoms with Gasteiger partial charge in [-0.25, -0.2) is 17.6 Å². The molecule has 0 heterocycles. The minimum absolute atomic E-state index is 0.109. The fourth-order valence-corrected chi connectivity index (χ4v) is 2.00. The smallest absolute Gasteiger partial charge is 0.161 e. The van der Waals surface area contributed by atoms with Crippen molar-refractivity contribution in [3.63, 3.8) is 0 Å². The lowest BCUT2D eigenvalue weighted by molar-refractivity contribution is 0.172. The van der Waals surface area contributed by atoms with Gasteiger partial charge in [0.05, 0.1) is 11.1 Å². The molecule has 0 aliphatic rings. The lowest BCUT2D eigenvalue weighted by Gasteiger charge is -2.13. The molecule has 0 aromatic heterocycles. The Labute approximate surface area is 117 Å². The second-order valence-corrected chi connectivity index (χ2v) is 4.66. The Morgan fingerprint density at radius 3 is 2.20 bits per heavy atom. The van der Waals surface area contributed by atoms with Gasteiger partial charge in [0.25, 0.3) is 0 Å². The maximum Gasteiger partial charge on any atom is 0.161 e. The summed E-state index contributed by atoms with van der Waals surface area (Å²) in [5.41, 5.74) is 0.0670. The van der Waals surface area contributed by atoms with Crippen molar-refractivity contribution < 1.29 is 22.7 Å². The van der Waals surface area contributed by atoms with E-state index in [0.717, 1.165) is 6.07 Å². The SMILES string of the molecule is OC(Cc1ccc(F)c(Cl)c1)c1cc(F)c(F)cc1F. The third-order valence-electron chi connectivity index (χ3n) is 2.81. The molecule has 0 spiro atoms. The van der Waals surface area contributed by atoms with Crippen LogP contribution in [0, 0.1) is 23.3 Å². The molecule has 0 bridgehead atoms. The normalized spacial score (nSPS) is 12.5. The van der Waals surface area contributed by atoms with Crippen LogP contribution in [0.1, 0.15) is 17.2 Å². The largest absolute Gasteiger partial charge is 0.388 e. The van der Waals surface area contributed by atoms with Crippen molar-refractivity contribution >= 4 is 11.6 Å². The molecule has 2 aromatic carbocycles. The minimum atomic E-state index is -1.40. The highest BCUT2D eigenvalue weighted by Gasteiger charge is 2.17. The Morgan fingerprint density at radius 2 is 1.55 bits per heavy atom. The van der Waals surface area contributed by atoms with Crippen LogP contribution in [-0.2, 0) is 6.42 Å². The quantitative estimate of drug-likeness (QED) is 0.666. The number of aliphatic hydroxyl groups is 1. The number of hydrogen-bond acceptors (Lipinski definition) is 1. The molecule has 1 unspecified atom stereocenters. The van der Waals surface area contributed by atoms with Crippen LogP contribution in [0.15, 0.2) is 30.3 Å².